The van der Waals surface area contributed by atoms with Crippen LogP contribution in [0, 0.1) is 5.92 Å². The summed E-state index contributed by atoms with van der Waals surface area (Å²) in [4.78, 5) is 25.8. The fourth-order valence-electron chi connectivity index (χ4n) is 3.40. The Labute approximate surface area is 148 Å². The zero-order valence-corrected chi connectivity index (χ0v) is 14.6. The van der Waals surface area contributed by atoms with Crippen LogP contribution in [0.1, 0.15) is 35.7 Å². The van der Waals surface area contributed by atoms with Gasteiger partial charge in [-0.3, -0.25) is 9.59 Å². The van der Waals surface area contributed by atoms with Gasteiger partial charge in [0, 0.05) is 31.3 Å². The van der Waals surface area contributed by atoms with E-state index in [1.54, 1.807) is 18.2 Å². The monoisotopic (exact) mass is 336 g/mol. The lowest BCUT2D eigenvalue weighted by molar-refractivity contribution is -0.114. The number of hydrogen-bond acceptors (Lipinski definition) is 2. The average molecular weight is 336 g/mol. The van der Waals surface area contributed by atoms with Crippen molar-refractivity contribution < 1.29 is 9.59 Å². The summed E-state index contributed by atoms with van der Waals surface area (Å²) in [5, 5.41) is 2.73. The van der Waals surface area contributed by atoms with Crippen LogP contribution in [0.2, 0.25) is 0 Å². The largest absolute Gasteiger partial charge is 0.339 e. The molecule has 0 saturated carbocycles. The fourth-order valence-corrected chi connectivity index (χ4v) is 3.40. The van der Waals surface area contributed by atoms with Crippen molar-refractivity contribution in [1.29, 1.82) is 0 Å². The molecule has 1 saturated heterocycles. The molecule has 4 nitrogen and oxygen atoms in total. The van der Waals surface area contributed by atoms with Crippen LogP contribution in [0.4, 0.5) is 5.69 Å². The molecule has 3 rings (SSSR count). The van der Waals surface area contributed by atoms with Gasteiger partial charge >= 0.3 is 0 Å². The Balaban J connectivity index is 1.57. The highest BCUT2D eigenvalue weighted by Gasteiger charge is 2.23. The molecule has 1 N–H and O–H groups in total. The summed E-state index contributed by atoms with van der Waals surface area (Å²) in [5.74, 6) is 0.550. The number of likely N-dealkylation sites (tertiary alicyclic amines) is 1. The molecule has 130 valence electrons. The van der Waals surface area contributed by atoms with E-state index in [4.69, 9.17) is 0 Å². The average Bonchev–Trinajstić information content (AvgIpc) is 2.62. The minimum Gasteiger partial charge on any atom is -0.339 e. The summed E-state index contributed by atoms with van der Waals surface area (Å²) in [7, 11) is 0. The Morgan fingerprint density at radius 1 is 1.04 bits per heavy atom. The smallest absolute Gasteiger partial charge is 0.253 e. The topological polar surface area (TPSA) is 49.4 Å². The van der Waals surface area contributed by atoms with Crippen molar-refractivity contribution in [1.82, 2.24) is 4.90 Å². The van der Waals surface area contributed by atoms with Crippen molar-refractivity contribution in [3.63, 3.8) is 0 Å². The van der Waals surface area contributed by atoms with Crippen LogP contribution >= 0.6 is 0 Å². The maximum Gasteiger partial charge on any atom is 0.253 e. The number of carbonyl (C=O) groups is 2. The van der Waals surface area contributed by atoms with E-state index in [2.05, 4.69) is 29.6 Å². The second kappa shape index (κ2) is 7.97. The molecule has 2 aromatic carbocycles. The second-order valence-electron chi connectivity index (χ2n) is 6.69. The van der Waals surface area contributed by atoms with E-state index >= 15 is 0 Å². The Bertz CT molecular complexity index is 735. The summed E-state index contributed by atoms with van der Waals surface area (Å²) < 4.78 is 0. The van der Waals surface area contributed by atoms with Gasteiger partial charge in [0.05, 0.1) is 0 Å². The summed E-state index contributed by atoms with van der Waals surface area (Å²) in [6.45, 7) is 3.05. The van der Waals surface area contributed by atoms with Crippen LogP contribution in [0.25, 0.3) is 0 Å². The molecular weight excluding hydrogens is 312 g/mol. The van der Waals surface area contributed by atoms with E-state index < -0.39 is 0 Å². The molecule has 25 heavy (non-hydrogen) atoms. The van der Waals surface area contributed by atoms with Gasteiger partial charge in [-0.25, -0.2) is 0 Å². The molecule has 0 unspecified atom stereocenters. The normalized spacial score (nSPS) is 15.0. The van der Waals surface area contributed by atoms with Crippen LogP contribution in [-0.4, -0.2) is 29.8 Å². The predicted molar refractivity (Wildman–Crippen MR) is 99.5 cm³/mol. The molecule has 0 spiro atoms. The molecule has 1 fully saturated rings. The Morgan fingerprint density at radius 3 is 2.44 bits per heavy atom. The summed E-state index contributed by atoms with van der Waals surface area (Å²) in [6, 6.07) is 17.7. The molecular formula is C21H24N2O2. The third-order valence-corrected chi connectivity index (χ3v) is 4.70. The molecule has 2 amide bonds. The molecule has 0 atom stereocenters. The molecule has 0 radical (unpaired) electrons. The van der Waals surface area contributed by atoms with Gasteiger partial charge in [-0.05, 0) is 48.9 Å². The lowest BCUT2D eigenvalue weighted by Gasteiger charge is -2.32. The Morgan fingerprint density at radius 2 is 1.76 bits per heavy atom. The summed E-state index contributed by atoms with van der Waals surface area (Å²) in [6.07, 6.45) is 3.15. The Hall–Kier alpha value is -2.62. The van der Waals surface area contributed by atoms with Crippen molar-refractivity contribution in [2.45, 2.75) is 26.2 Å². The zero-order chi connectivity index (χ0) is 17.6. The van der Waals surface area contributed by atoms with E-state index in [0.717, 1.165) is 32.4 Å². The number of nitrogens with zero attached hydrogens (tertiary/aromatic N) is 1. The Kier molecular flexibility index (Phi) is 5.49. The van der Waals surface area contributed by atoms with E-state index in [1.807, 2.05) is 17.0 Å². The molecule has 4 heteroatoms. The SMILES string of the molecule is CC(=O)Nc1cccc(C(=O)N2CCC(Cc3ccccc3)CC2)c1. The lowest BCUT2D eigenvalue weighted by atomic mass is 9.90. The first-order valence-electron chi connectivity index (χ1n) is 8.82. The number of benzene rings is 2. The van der Waals surface area contributed by atoms with Gasteiger partial charge in [-0.15, -0.1) is 0 Å². The number of piperidine rings is 1. The van der Waals surface area contributed by atoms with Crippen molar-refractivity contribution in [3.05, 3.63) is 65.7 Å². The number of rotatable bonds is 4. The van der Waals surface area contributed by atoms with Crippen molar-refractivity contribution in [3.8, 4) is 0 Å². The van der Waals surface area contributed by atoms with Gasteiger partial charge in [0.2, 0.25) is 5.91 Å². The zero-order valence-electron chi connectivity index (χ0n) is 14.6. The van der Waals surface area contributed by atoms with Crippen molar-refractivity contribution >= 4 is 17.5 Å². The number of nitrogens with one attached hydrogen (secondary N) is 1. The first-order valence-corrected chi connectivity index (χ1v) is 8.82. The molecule has 2 aromatic rings. The van der Waals surface area contributed by atoms with Crippen LogP contribution in [0.15, 0.2) is 54.6 Å². The number of anilines is 1. The van der Waals surface area contributed by atoms with Gasteiger partial charge in [-0.1, -0.05) is 36.4 Å². The third-order valence-electron chi connectivity index (χ3n) is 4.70. The molecule has 0 aliphatic carbocycles. The van der Waals surface area contributed by atoms with Crippen molar-refractivity contribution in [2.75, 3.05) is 18.4 Å². The highest BCUT2D eigenvalue weighted by Crippen LogP contribution is 2.23. The van der Waals surface area contributed by atoms with E-state index in [1.165, 1.54) is 12.5 Å². The minimum absolute atomic E-state index is 0.0466. The van der Waals surface area contributed by atoms with Gasteiger partial charge in [0.1, 0.15) is 0 Å². The predicted octanol–water partition coefficient (Wildman–Crippen LogP) is 3.74. The maximum absolute atomic E-state index is 12.7. The van der Waals surface area contributed by atoms with Gasteiger partial charge in [-0.2, -0.15) is 0 Å². The number of amides is 2. The van der Waals surface area contributed by atoms with Gasteiger partial charge < -0.3 is 10.2 Å². The third kappa shape index (κ3) is 4.69. The second-order valence-corrected chi connectivity index (χ2v) is 6.69. The summed E-state index contributed by atoms with van der Waals surface area (Å²) >= 11 is 0. The molecule has 1 aliphatic rings. The first kappa shape index (κ1) is 17.2. The standard InChI is InChI=1S/C21H24N2O2/c1-16(24)22-20-9-5-8-19(15-20)21(25)23-12-10-18(11-13-23)14-17-6-3-2-4-7-17/h2-9,15,18H,10-14H2,1H3,(H,22,24). The highest BCUT2D eigenvalue weighted by molar-refractivity contribution is 5.96. The minimum atomic E-state index is -0.133. The van der Waals surface area contributed by atoms with Gasteiger partial charge in [0.25, 0.3) is 5.91 Å². The molecule has 1 heterocycles. The molecule has 0 bridgehead atoms. The quantitative estimate of drug-likeness (QED) is 0.924. The van der Waals surface area contributed by atoms with Gasteiger partial charge in [0.15, 0.2) is 0 Å². The molecule has 0 aromatic heterocycles. The van der Waals surface area contributed by atoms with E-state index in [9.17, 15) is 9.59 Å². The van der Waals surface area contributed by atoms with Crippen LogP contribution in [-0.2, 0) is 11.2 Å². The molecule has 1 aliphatic heterocycles. The van der Waals surface area contributed by atoms with Crippen molar-refractivity contribution in [2.24, 2.45) is 5.92 Å². The van der Waals surface area contributed by atoms with Crippen LogP contribution in [0.3, 0.4) is 0 Å². The highest BCUT2D eigenvalue weighted by atomic mass is 16.2. The fraction of sp³-hybridized carbons (Fsp3) is 0.333. The number of hydrogen-bond donors (Lipinski definition) is 1. The maximum atomic E-state index is 12.7. The number of carbonyl (C=O) groups excluding carboxylic acids is 2. The first-order chi connectivity index (χ1) is 12.1. The lowest BCUT2D eigenvalue weighted by Crippen LogP contribution is -2.38. The van der Waals surface area contributed by atoms with Crippen LogP contribution < -0.4 is 5.32 Å². The van der Waals surface area contributed by atoms with E-state index in [0.29, 0.717) is 17.2 Å². The summed E-state index contributed by atoms with van der Waals surface area (Å²) in [5.41, 5.74) is 2.67. The van der Waals surface area contributed by atoms with E-state index in [-0.39, 0.29) is 11.8 Å². The van der Waals surface area contributed by atoms with Crippen LogP contribution in [0.5, 0.6) is 0 Å².